The standard InChI is InChI=1S/C22H19N3OS2/c1-14-8-10-17(11-9-14)25-20(26)15(2)27-21-18-12-19(16-6-4-3-5-7-16)28-22(18)24-13-23-21/h3-13,15H,1-2H3,(H,25,26)/t15-/m0/s1. The lowest BCUT2D eigenvalue weighted by molar-refractivity contribution is -0.115. The molecule has 2 aromatic carbocycles. The Labute approximate surface area is 172 Å². The molecule has 0 fully saturated rings. The van der Waals surface area contributed by atoms with E-state index >= 15 is 0 Å². The Kier molecular flexibility index (Phi) is 5.41. The van der Waals surface area contributed by atoms with E-state index in [2.05, 4.69) is 33.5 Å². The third kappa shape index (κ3) is 4.08. The lowest BCUT2D eigenvalue weighted by Gasteiger charge is -2.12. The molecule has 4 aromatic rings. The number of thiophene rings is 1. The predicted molar refractivity (Wildman–Crippen MR) is 118 cm³/mol. The second-order valence-corrected chi connectivity index (χ2v) is 8.85. The highest BCUT2D eigenvalue weighted by Gasteiger charge is 2.18. The van der Waals surface area contributed by atoms with E-state index in [9.17, 15) is 4.79 Å². The van der Waals surface area contributed by atoms with Crippen LogP contribution < -0.4 is 5.32 Å². The van der Waals surface area contributed by atoms with Gasteiger partial charge in [0.25, 0.3) is 0 Å². The van der Waals surface area contributed by atoms with Gasteiger partial charge in [0.05, 0.1) is 5.25 Å². The van der Waals surface area contributed by atoms with Crippen LogP contribution in [0.2, 0.25) is 0 Å². The van der Waals surface area contributed by atoms with Crippen LogP contribution >= 0.6 is 23.1 Å². The van der Waals surface area contributed by atoms with Crippen molar-refractivity contribution in [1.82, 2.24) is 9.97 Å². The van der Waals surface area contributed by atoms with E-state index < -0.39 is 0 Å². The quantitative estimate of drug-likeness (QED) is 0.337. The molecule has 4 rings (SSSR count). The van der Waals surface area contributed by atoms with Gasteiger partial charge in [-0.15, -0.1) is 11.3 Å². The van der Waals surface area contributed by atoms with E-state index in [-0.39, 0.29) is 11.2 Å². The van der Waals surface area contributed by atoms with Crippen molar-refractivity contribution in [2.45, 2.75) is 24.1 Å². The molecule has 1 N–H and O–H groups in total. The summed E-state index contributed by atoms with van der Waals surface area (Å²) >= 11 is 3.09. The highest BCUT2D eigenvalue weighted by atomic mass is 32.2. The van der Waals surface area contributed by atoms with Crippen LogP contribution in [0.15, 0.2) is 72.0 Å². The minimum atomic E-state index is -0.278. The number of aryl methyl sites for hydroxylation is 1. The molecule has 1 amide bonds. The highest BCUT2D eigenvalue weighted by Crippen LogP contribution is 2.37. The number of aromatic nitrogens is 2. The molecule has 0 unspecified atom stereocenters. The number of nitrogens with one attached hydrogen (secondary N) is 1. The molecular formula is C22H19N3OS2. The largest absolute Gasteiger partial charge is 0.325 e. The molecule has 140 valence electrons. The van der Waals surface area contributed by atoms with Crippen molar-refractivity contribution in [2.75, 3.05) is 5.32 Å². The fourth-order valence-corrected chi connectivity index (χ4v) is 4.73. The molecular weight excluding hydrogens is 386 g/mol. The molecule has 28 heavy (non-hydrogen) atoms. The zero-order valence-corrected chi connectivity index (χ0v) is 17.2. The number of carbonyl (C=O) groups is 1. The summed E-state index contributed by atoms with van der Waals surface area (Å²) in [4.78, 5) is 23.5. The number of hydrogen-bond acceptors (Lipinski definition) is 5. The van der Waals surface area contributed by atoms with Gasteiger partial charge in [-0.05, 0) is 37.6 Å². The van der Waals surface area contributed by atoms with Gasteiger partial charge in [-0.25, -0.2) is 9.97 Å². The zero-order valence-electron chi connectivity index (χ0n) is 15.5. The molecule has 0 spiro atoms. The van der Waals surface area contributed by atoms with Crippen molar-refractivity contribution in [2.24, 2.45) is 0 Å². The maximum Gasteiger partial charge on any atom is 0.237 e. The number of carbonyl (C=O) groups excluding carboxylic acids is 1. The molecule has 0 saturated carbocycles. The Morgan fingerprint density at radius 2 is 1.82 bits per heavy atom. The third-order valence-corrected chi connectivity index (χ3v) is 6.54. The Balaban J connectivity index is 1.54. The van der Waals surface area contributed by atoms with Crippen LogP contribution in [0.3, 0.4) is 0 Å². The lowest BCUT2D eigenvalue weighted by atomic mass is 10.2. The number of hydrogen-bond donors (Lipinski definition) is 1. The number of benzene rings is 2. The average Bonchev–Trinajstić information content (AvgIpc) is 3.16. The number of anilines is 1. The van der Waals surface area contributed by atoms with Crippen LogP contribution in [0.5, 0.6) is 0 Å². The fourth-order valence-electron chi connectivity index (χ4n) is 2.77. The van der Waals surface area contributed by atoms with Crippen molar-refractivity contribution in [3.05, 3.63) is 72.6 Å². The topological polar surface area (TPSA) is 54.9 Å². The smallest absolute Gasteiger partial charge is 0.237 e. The maximum absolute atomic E-state index is 12.6. The number of amides is 1. The minimum Gasteiger partial charge on any atom is -0.325 e. The first-order valence-corrected chi connectivity index (χ1v) is 10.6. The van der Waals surface area contributed by atoms with Crippen molar-refractivity contribution in [3.63, 3.8) is 0 Å². The SMILES string of the molecule is Cc1ccc(NC(=O)[C@H](C)Sc2ncnc3sc(-c4ccccc4)cc23)cc1. The Hall–Kier alpha value is -2.70. The first-order chi connectivity index (χ1) is 13.6. The summed E-state index contributed by atoms with van der Waals surface area (Å²) < 4.78 is 0. The normalized spacial score (nSPS) is 12.1. The van der Waals surface area contributed by atoms with E-state index in [1.165, 1.54) is 11.8 Å². The van der Waals surface area contributed by atoms with Gasteiger partial charge in [0, 0.05) is 16.0 Å². The molecule has 2 heterocycles. The van der Waals surface area contributed by atoms with Crippen LogP contribution in [0.1, 0.15) is 12.5 Å². The Bertz CT molecular complexity index is 1110. The van der Waals surface area contributed by atoms with E-state index in [1.807, 2.05) is 56.3 Å². The van der Waals surface area contributed by atoms with Crippen molar-refractivity contribution >= 4 is 44.9 Å². The molecule has 2 aromatic heterocycles. The van der Waals surface area contributed by atoms with Gasteiger partial charge in [-0.3, -0.25) is 4.79 Å². The van der Waals surface area contributed by atoms with E-state index in [0.717, 1.165) is 36.9 Å². The van der Waals surface area contributed by atoms with Crippen LogP contribution in [0, 0.1) is 6.92 Å². The number of fused-ring (bicyclic) bond motifs is 1. The van der Waals surface area contributed by atoms with E-state index in [4.69, 9.17) is 0 Å². The second-order valence-electron chi connectivity index (χ2n) is 6.49. The Morgan fingerprint density at radius 3 is 2.57 bits per heavy atom. The van der Waals surface area contributed by atoms with E-state index in [0.29, 0.717) is 0 Å². The number of nitrogens with zero attached hydrogens (tertiary/aromatic N) is 2. The van der Waals surface area contributed by atoms with Gasteiger partial charge >= 0.3 is 0 Å². The maximum atomic E-state index is 12.6. The third-order valence-electron chi connectivity index (χ3n) is 4.33. The van der Waals surface area contributed by atoms with Gasteiger partial charge < -0.3 is 5.32 Å². The first-order valence-electron chi connectivity index (χ1n) is 8.94. The van der Waals surface area contributed by atoms with Gasteiger partial charge in [0.15, 0.2) is 0 Å². The van der Waals surface area contributed by atoms with Crippen molar-refractivity contribution < 1.29 is 4.79 Å². The first kappa shape index (κ1) is 18.7. The predicted octanol–water partition coefficient (Wildman–Crippen LogP) is 5.79. The zero-order chi connectivity index (χ0) is 19.5. The van der Waals surface area contributed by atoms with Gasteiger partial charge in [0.1, 0.15) is 16.2 Å². The van der Waals surface area contributed by atoms with Gasteiger partial charge in [0.2, 0.25) is 5.91 Å². The molecule has 1 atom stereocenters. The fraction of sp³-hybridized carbons (Fsp3) is 0.136. The van der Waals surface area contributed by atoms with Crippen LogP contribution in [-0.2, 0) is 4.79 Å². The number of thioether (sulfide) groups is 1. The minimum absolute atomic E-state index is 0.0425. The van der Waals surface area contributed by atoms with Crippen LogP contribution in [0.4, 0.5) is 5.69 Å². The molecule has 6 heteroatoms. The van der Waals surface area contributed by atoms with Crippen molar-refractivity contribution in [1.29, 1.82) is 0 Å². The van der Waals surface area contributed by atoms with Gasteiger partial charge in [-0.1, -0.05) is 59.8 Å². The van der Waals surface area contributed by atoms with Crippen LogP contribution in [-0.4, -0.2) is 21.1 Å². The average molecular weight is 406 g/mol. The summed E-state index contributed by atoms with van der Waals surface area (Å²) in [7, 11) is 0. The second kappa shape index (κ2) is 8.12. The molecule has 0 radical (unpaired) electrons. The summed E-state index contributed by atoms with van der Waals surface area (Å²) in [6.07, 6.45) is 1.57. The summed E-state index contributed by atoms with van der Waals surface area (Å²) in [5, 5.41) is 4.51. The van der Waals surface area contributed by atoms with Gasteiger partial charge in [-0.2, -0.15) is 0 Å². The van der Waals surface area contributed by atoms with Crippen LogP contribution in [0.25, 0.3) is 20.7 Å². The summed E-state index contributed by atoms with van der Waals surface area (Å²) in [6, 6.07) is 20.1. The molecule has 0 saturated heterocycles. The molecule has 0 aliphatic heterocycles. The molecule has 4 nitrogen and oxygen atoms in total. The van der Waals surface area contributed by atoms with E-state index in [1.54, 1.807) is 17.7 Å². The highest BCUT2D eigenvalue weighted by molar-refractivity contribution is 8.00. The molecule has 0 bridgehead atoms. The monoisotopic (exact) mass is 405 g/mol. The Morgan fingerprint density at radius 1 is 1.07 bits per heavy atom. The summed E-state index contributed by atoms with van der Waals surface area (Å²) in [5.74, 6) is -0.0425. The molecule has 0 aliphatic rings. The van der Waals surface area contributed by atoms with Crippen molar-refractivity contribution in [3.8, 4) is 10.4 Å². The summed E-state index contributed by atoms with van der Waals surface area (Å²) in [5.41, 5.74) is 3.12. The lowest BCUT2D eigenvalue weighted by Crippen LogP contribution is -2.22. The molecule has 0 aliphatic carbocycles. The summed E-state index contributed by atoms with van der Waals surface area (Å²) in [6.45, 7) is 3.92. The number of rotatable bonds is 5.